The fourth-order valence-electron chi connectivity index (χ4n) is 9.92. The molecule has 4 fully saturated rings. The molecule has 0 heterocycles. The molecule has 4 saturated carbocycles. The van der Waals surface area contributed by atoms with E-state index in [1.54, 1.807) is 0 Å². The molecule has 10 atom stereocenters. The van der Waals surface area contributed by atoms with Gasteiger partial charge in [0, 0.05) is 6.04 Å². The zero-order valence-corrected chi connectivity index (χ0v) is 22.6. The lowest BCUT2D eigenvalue weighted by Crippen LogP contribution is -2.59. The lowest BCUT2D eigenvalue weighted by Gasteiger charge is -2.62. The van der Waals surface area contributed by atoms with Gasteiger partial charge in [0.1, 0.15) is 0 Å². The van der Waals surface area contributed by atoms with Crippen LogP contribution in [0.3, 0.4) is 0 Å². The van der Waals surface area contributed by atoms with Crippen molar-refractivity contribution in [3.8, 4) is 0 Å². The molecule has 192 valence electrons. The zero-order valence-electron chi connectivity index (χ0n) is 22.6. The quantitative estimate of drug-likeness (QED) is 0.350. The molecule has 4 N–H and O–H groups in total. The predicted molar refractivity (Wildman–Crippen MR) is 140 cm³/mol. The van der Waals surface area contributed by atoms with Crippen LogP contribution in [0, 0.1) is 52.3 Å². The van der Waals surface area contributed by atoms with Gasteiger partial charge in [-0.3, -0.25) is 0 Å². The second-order valence-electron chi connectivity index (χ2n) is 13.9. The molecular formula is C30H56N2O. The van der Waals surface area contributed by atoms with Crippen molar-refractivity contribution >= 4 is 0 Å². The molecule has 4 aliphatic rings. The molecular weight excluding hydrogens is 404 g/mol. The van der Waals surface area contributed by atoms with Gasteiger partial charge in [-0.2, -0.15) is 0 Å². The second kappa shape index (κ2) is 10.5. The summed E-state index contributed by atoms with van der Waals surface area (Å²) in [4.78, 5) is 0. The normalized spacial score (nSPS) is 46.0. The summed E-state index contributed by atoms with van der Waals surface area (Å²) in [5.74, 6) is 5.53. The van der Waals surface area contributed by atoms with Gasteiger partial charge < -0.3 is 16.2 Å². The molecule has 0 bridgehead atoms. The topological polar surface area (TPSA) is 58.3 Å². The maximum atomic E-state index is 11.5. The number of hydrogen-bond acceptors (Lipinski definition) is 3. The maximum absolute atomic E-state index is 11.5. The van der Waals surface area contributed by atoms with Crippen LogP contribution in [0.5, 0.6) is 0 Å². The van der Waals surface area contributed by atoms with E-state index >= 15 is 0 Å². The van der Waals surface area contributed by atoms with Crippen molar-refractivity contribution in [1.82, 2.24) is 5.32 Å². The molecule has 0 aromatic heterocycles. The number of nitrogens with two attached hydrogens (primary N) is 1. The van der Waals surface area contributed by atoms with E-state index in [4.69, 9.17) is 5.73 Å². The predicted octanol–water partition coefficient (Wildman–Crippen LogP) is 6.39. The summed E-state index contributed by atoms with van der Waals surface area (Å²) in [7, 11) is 0. The van der Waals surface area contributed by atoms with Crippen molar-refractivity contribution in [2.45, 2.75) is 124 Å². The Bertz CT molecular complexity index is 637. The van der Waals surface area contributed by atoms with Crippen molar-refractivity contribution < 1.29 is 5.11 Å². The minimum atomic E-state index is -0.0970. The van der Waals surface area contributed by atoms with Crippen molar-refractivity contribution in [3.05, 3.63) is 0 Å². The van der Waals surface area contributed by atoms with Gasteiger partial charge in [-0.1, -0.05) is 53.9 Å². The number of fused-ring (bicyclic) bond motifs is 5. The SMILES string of the molecule is CC(C)CCC[C@@H](C)[C@H]1CCC2C3C[C@@H](O)[C@H]4C[C@@H](NCCCN)CC[C@]4(C)C3CC[C@@]21C. The van der Waals surface area contributed by atoms with E-state index in [1.807, 2.05) is 0 Å². The lowest BCUT2D eigenvalue weighted by atomic mass is 9.43. The molecule has 0 amide bonds. The molecule has 3 nitrogen and oxygen atoms in total. The molecule has 0 aliphatic heterocycles. The van der Waals surface area contributed by atoms with E-state index in [1.165, 1.54) is 64.2 Å². The van der Waals surface area contributed by atoms with Gasteiger partial charge in [0.25, 0.3) is 0 Å². The summed E-state index contributed by atoms with van der Waals surface area (Å²) < 4.78 is 0. The summed E-state index contributed by atoms with van der Waals surface area (Å²) in [6.45, 7) is 14.3. The Kier molecular flexibility index (Phi) is 8.24. The van der Waals surface area contributed by atoms with Gasteiger partial charge in [-0.05, 0) is 123 Å². The largest absolute Gasteiger partial charge is 0.393 e. The van der Waals surface area contributed by atoms with Gasteiger partial charge >= 0.3 is 0 Å². The van der Waals surface area contributed by atoms with Gasteiger partial charge in [0.2, 0.25) is 0 Å². The molecule has 0 aromatic carbocycles. The van der Waals surface area contributed by atoms with E-state index in [2.05, 4.69) is 39.9 Å². The van der Waals surface area contributed by atoms with E-state index in [0.717, 1.165) is 61.4 Å². The van der Waals surface area contributed by atoms with Crippen molar-refractivity contribution in [3.63, 3.8) is 0 Å². The van der Waals surface area contributed by atoms with Crippen LogP contribution in [0.25, 0.3) is 0 Å². The molecule has 3 unspecified atom stereocenters. The highest BCUT2D eigenvalue weighted by Crippen LogP contribution is 2.68. The maximum Gasteiger partial charge on any atom is 0.0577 e. The van der Waals surface area contributed by atoms with Crippen LogP contribution in [0.2, 0.25) is 0 Å². The third-order valence-corrected chi connectivity index (χ3v) is 11.7. The third-order valence-electron chi connectivity index (χ3n) is 11.7. The van der Waals surface area contributed by atoms with Crippen molar-refractivity contribution in [2.75, 3.05) is 13.1 Å². The summed E-state index contributed by atoms with van der Waals surface area (Å²) >= 11 is 0. The number of hydrogen-bond donors (Lipinski definition) is 3. The highest BCUT2D eigenvalue weighted by Gasteiger charge is 2.62. The summed E-state index contributed by atoms with van der Waals surface area (Å²) in [6, 6.07) is 0.581. The standard InChI is InChI=1S/C30H56N2O/c1-20(2)8-6-9-21(3)24-10-11-25-23-19-28(33)27-18-22(32-17-7-16-31)12-14-30(27,5)26(23)13-15-29(24,25)4/h20-28,32-33H,6-19,31H2,1-5H3/t21-,22+,23?,24-,25?,26?,27-,28-,29-,30-/m1/s1. The molecule has 33 heavy (non-hydrogen) atoms. The highest BCUT2D eigenvalue weighted by atomic mass is 16.3. The molecule has 0 saturated heterocycles. The highest BCUT2D eigenvalue weighted by molar-refractivity contribution is 5.11. The Morgan fingerprint density at radius 2 is 1.61 bits per heavy atom. The van der Waals surface area contributed by atoms with Gasteiger partial charge in [0.05, 0.1) is 6.10 Å². The lowest BCUT2D eigenvalue weighted by molar-refractivity contribution is -0.162. The first-order valence-corrected chi connectivity index (χ1v) is 14.8. The van der Waals surface area contributed by atoms with Crippen molar-refractivity contribution in [2.24, 2.45) is 58.0 Å². The molecule has 3 heteroatoms. The molecule has 4 rings (SSSR count). The zero-order chi connectivity index (χ0) is 23.8. The first kappa shape index (κ1) is 26.0. The Balaban J connectivity index is 1.43. The Morgan fingerprint density at radius 3 is 2.33 bits per heavy atom. The van der Waals surface area contributed by atoms with E-state index in [0.29, 0.717) is 22.8 Å². The molecule has 0 aromatic rings. The molecule has 0 radical (unpaired) electrons. The van der Waals surface area contributed by atoms with Crippen LogP contribution in [-0.2, 0) is 0 Å². The van der Waals surface area contributed by atoms with Crippen LogP contribution in [0.15, 0.2) is 0 Å². The molecule has 4 aliphatic carbocycles. The summed E-state index contributed by atoms with van der Waals surface area (Å²) in [5, 5.41) is 15.3. The van der Waals surface area contributed by atoms with Crippen LogP contribution < -0.4 is 11.1 Å². The fourth-order valence-corrected chi connectivity index (χ4v) is 9.92. The first-order chi connectivity index (χ1) is 15.7. The average molecular weight is 461 g/mol. The summed E-state index contributed by atoms with van der Waals surface area (Å²) in [5.41, 5.74) is 6.56. The van der Waals surface area contributed by atoms with E-state index < -0.39 is 0 Å². The minimum Gasteiger partial charge on any atom is -0.393 e. The average Bonchev–Trinajstić information content (AvgIpc) is 3.12. The van der Waals surface area contributed by atoms with Crippen LogP contribution in [0.4, 0.5) is 0 Å². The van der Waals surface area contributed by atoms with E-state index in [-0.39, 0.29) is 6.10 Å². The monoisotopic (exact) mass is 460 g/mol. The Hall–Kier alpha value is -0.120. The number of aliphatic hydroxyl groups excluding tert-OH is 1. The smallest absolute Gasteiger partial charge is 0.0577 e. The van der Waals surface area contributed by atoms with Crippen LogP contribution in [-0.4, -0.2) is 30.3 Å². The van der Waals surface area contributed by atoms with E-state index in [9.17, 15) is 5.11 Å². The van der Waals surface area contributed by atoms with Crippen LogP contribution in [0.1, 0.15) is 112 Å². The first-order valence-electron chi connectivity index (χ1n) is 14.8. The minimum absolute atomic E-state index is 0.0970. The van der Waals surface area contributed by atoms with Crippen molar-refractivity contribution in [1.29, 1.82) is 0 Å². The Morgan fingerprint density at radius 1 is 0.879 bits per heavy atom. The number of aliphatic hydroxyl groups is 1. The fraction of sp³-hybridized carbons (Fsp3) is 1.00. The second-order valence-corrected chi connectivity index (χ2v) is 13.9. The molecule has 0 spiro atoms. The van der Waals surface area contributed by atoms with Gasteiger partial charge in [-0.25, -0.2) is 0 Å². The summed E-state index contributed by atoms with van der Waals surface area (Å²) in [6.07, 6.45) is 15.7. The Labute approximate surface area is 205 Å². The number of nitrogens with one attached hydrogen (secondary N) is 1. The van der Waals surface area contributed by atoms with Crippen LogP contribution >= 0.6 is 0 Å². The number of rotatable bonds is 9. The van der Waals surface area contributed by atoms with Gasteiger partial charge in [0.15, 0.2) is 0 Å². The third kappa shape index (κ3) is 4.94. The van der Waals surface area contributed by atoms with Gasteiger partial charge in [-0.15, -0.1) is 0 Å².